The average molecular weight is 453 g/mol. The zero-order valence-corrected chi connectivity index (χ0v) is 18.9. The van der Waals surface area contributed by atoms with Crippen LogP contribution in [0.4, 0.5) is 0 Å². The van der Waals surface area contributed by atoms with Gasteiger partial charge in [0.15, 0.2) is 11.5 Å². The summed E-state index contributed by atoms with van der Waals surface area (Å²) in [7, 11) is -3.78. The molecule has 1 aliphatic heterocycles. The third kappa shape index (κ3) is 4.82. The van der Waals surface area contributed by atoms with E-state index in [-0.39, 0.29) is 47.9 Å². The summed E-state index contributed by atoms with van der Waals surface area (Å²) in [4.78, 5) is 27.2. The van der Waals surface area contributed by atoms with Crippen LogP contribution in [-0.4, -0.2) is 66.8 Å². The fraction of sp³-hybridized carbons (Fsp3) is 0.550. The van der Waals surface area contributed by atoms with Crippen LogP contribution < -0.4 is 5.32 Å². The maximum atomic E-state index is 13.2. The molecule has 1 saturated heterocycles. The molecule has 2 amide bonds. The topological polar surface area (TPSA) is 126 Å². The van der Waals surface area contributed by atoms with Gasteiger partial charge in [-0.2, -0.15) is 4.31 Å². The minimum absolute atomic E-state index is 0.0815. The van der Waals surface area contributed by atoms with Crippen molar-refractivity contribution >= 4 is 21.8 Å². The van der Waals surface area contributed by atoms with Gasteiger partial charge in [-0.1, -0.05) is 19.0 Å². The first kappa shape index (κ1) is 23.0. The van der Waals surface area contributed by atoms with Crippen molar-refractivity contribution in [1.82, 2.24) is 19.7 Å². The number of furan rings is 1. The number of nitrogens with one attached hydrogen (secondary N) is 1. The van der Waals surface area contributed by atoms with Crippen molar-refractivity contribution in [2.24, 2.45) is 5.92 Å². The number of aryl methyl sites for hydroxylation is 2. The van der Waals surface area contributed by atoms with E-state index in [0.717, 1.165) is 0 Å². The zero-order chi connectivity index (χ0) is 22.8. The summed E-state index contributed by atoms with van der Waals surface area (Å²) in [6, 6.07) is 2.38. The van der Waals surface area contributed by atoms with Crippen molar-refractivity contribution in [3.63, 3.8) is 0 Å². The lowest BCUT2D eigenvalue weighted by molar-refractivity contribution is -0.134. The molecule has 170 valence electrons. The summed E-state index contributed by atoms with van der Waals surface area (Å²) in [6.45, 7) is 7.89. The van der Waals surface area contributed by atoms with Crippen LogP contribution in [0, 0.1) is 19.8 Å². The smallest absolute Gasteiger partial charge is 0.287 e. The summed E-state index contributed by atoms with van der Waals surface area (Å²) >= 11 is 0. The highest BCUT2D eigenvalue weighted by molar-refractivity contribution is 7.89. The first-order chi connectivity index (χ1) is 14.6. The molecule has 31 heavy (non-hydrogen) atoms. The second kappa shape index (κ2) is 9.23. The van der Waals surface area contributed by atoms with E-state index in [0.29, 0.717) is 18.7 Å². The molecule has 3 heterocycles. The van der Waals surface area contributed by atoms with Crippen LogP contribution in [0.1, 0.15) is 42.3 Å². The Hall–Kier alpha value is -2.66. The molecule has 2 aromatic heterocycles. The molecule has 0 aromatic carbocycles. The van der Waals surface area contributed by atoms with Crippen LogP contribution in [0.15, 0.2) is 32.2 Å². The van der Waals surface area contributed by atoms with Gasteiger partial charge in [0.1, 0.15) is 16.6 Å². The fourth-order valence-electron chi connectivity index (χ4n) is 3.66. The molecule has 0 saturated carbocycles. The average Bonchev–Trinajstić information content (AvgIpc) is 3.28. The molecular formula is C20H28N4O6S. The molecule has 1 N–H and O–H groups in total. The lowest BCUT2D eigenvalue weighted by Crippen LogP contribution is -2.52. The third-order valence-corrected chi connectivity index (χ3v) is 7.44. The molecular weight excluding hydrogens is 424 g/mol. The molecule has 1 aliphatic rings. The van der Waals surface area contributed by atoms with Crippen LogP contribution >= 0.6 is 0 Å². The summed E-state index contributed by atoms with van der Waals surface area (Å²) in [5.74, 6) is -0.487. The number of sulfonamides is 1. The highest BCUT2D eigenvalue weighted by Gasteiger charge is 2.35. The predicted molar refractivity (Wildman–Crippen MR) is 111 cm³/mol. The molecule has 0 spiro atoms. The summed E-state index contributed by atoms with van der Waals surface area (Å²) in [5, 5.41) is 6.48. The van der Waals surface area contributed by atoms with Gasteiger partial charge in [0, 0.05) is 26.2 Å². The van der Waals surface area contributed by atoms with Crippen molar-refractivity contribution in [3.8, 4) is 0 Å². The van der Waals surface area contributed by atoms with Crippen LogP contribution in [0.2, 0.25) is 0 Å². The van der Waals surface area contributed by atoms with E-state index in [1.807, 2.05) is 13.8 Å². The van der Waals surface area contributed by atoms with E-state index in [2.05, 4.69) is 10.5 Å². The Morgan fingerprint density at radius 3 is 2.48 bits per heavy atom. The van der Waals surface area contributed by atoms with Gasteiger partial charge in [0.05, 0.1) is 6.26 Å². The lowest BCUT2D eigenvalue weighted by atomic mass is 10.0. The number of hydrogen-bond donors (Lipinski definition) is 1. The van der Waals surface area contributed by atoms with E-state index < -0.39 is 22.0 Å². The van der Waals surface area contributed by atoms with Crippen molar-refractivity contribution in [2.75, 3.05) is 26.2 Å². The Bertz CT molecular complexity index is 1010. The monoisotopic (exact) mass is 452 g/mol. The van der Waals surface area contributed by atoms with Gasteiger partial charge in [0.25, 0.3) is 5.91 Å². The van der Waals surface area contributed by atoms with Gasteiger partial charge < -0.3 is 19.2 Å². The van der Waals surface area contributed by atoms with Crippen molar-refractivity contribution in [1.29, 1.82) is 0 Å². The standard InChI is InChI=1S/C20H28N4O6S/c1-13(2)17(21-19(25)16-7-5-12-29-16)20(26)23-8-6-9-24(11-10-23)31(27,28)18-14(3)22-30-15(18)4/h5,7,12-13,17H,6,8-11H2,1-4H3,(H,21,25)/t17-/m0/s1. The largest absolute Gasteiger partial charge is 0.459 e. The first-order valence-electron chi connectivity index (χ1n) is 10.2. The third-order valence-electron chi connectivity index (χ3n) is 5.30. The minimum atomic E-state index is -3.78. The minimum Gasteiger partial charge on any atom is -0.459 e. The van der Waals surface area contributed by atoms with Crippen LogP contribution in [0.5, 0.6) is 0 Å². The van der Waals surface area contributed by atoms with Gasteiger partial charge in [-0.3, -0.25) is 9.59 Å². The van der Waals surface area contributed by atoms with Gasteiger partial charge in [-0.05, 0) is 38.3 Å². The Morgan fingerprint density at radius 2 is 1.90 bits per heavy atom. The van der Waals surface area contributed by atoms with Gasteiger partial charge in [0.2, 0.25) is 15.9 Å². The van der Waals surface area contributed by atoms with Gasteiger partial charge in [-0.25, -0.2) is 8.42 Å². The quantitative estimate of drug-likeness (QED) is 0.705. The Balaban J connectivity index is 1.71. The van der Waals surface area contributed by atoms with Crippen LogP contribution in [-0.2, 0) is 14.8 Å². The molecule has 1 atom stereocenters. The van der Waals surface area contributed by atoms with E-state index in [4.69, 9.17) is 8.94 Å². The van der Waals surface area contributed by atoms with E-state index in [1.54, 1.807) is 24.8 Å². The number of carbonyl (C=O) groups excluding carboxylic acids is 2. The molecule has 1 fully saturated rings. The number of carbonyl (C=O) groups is 2. The Labute approximate surface area is 181 Å². The van der Waals surface area contributed by atoms with Gasteiger partial charge >= 0.3 is 0 Å². The van der Waals surface area contributed by atoms with Crippen molar-refractivity contribution < 1.29 is 26.9 Å². The maximum absolute atomic E-state index is 13.2. The van der Waals surface area contributed by atoms with E-state index in [9.17, 15) is 18.0 Å². The molecule has 2 aromatic rings. The second-order valence-electron chi connectivity index (χ2n) is 7.91. The highest BCUT2D eigenvalue weighted by Crippen LogP contribution is 2.24. The predicted octanol–water partition coefficient (Wildman–Crippen LogP) is 1.56. The number of nitrogens with zero attached hydrogens (tertiary/aromatic N) is 3. The molecule has 0 unspecified atom stereocenters. The maximum Gasteiger partial charge on any atom is 0.287 e. The number of aromatic nitrogens is 1. The molecule has 10 nitrogen and oxygen atoms in total. The molecule has 0 radical (unpaired) electrons. The Kier molecular flexibility index (Phi) is 6.85. The number of amides is 2. The molecule has 11 heteroatoms. The fourth-order valence-corrected chi connectivity index (χ4v) is 5.42. The van der Waals surface area contributed by atoms with E-state index >= 15 is 0 Å². The second-order valence-corrected chi connectivity index (χ2v) is 9.78. The van der Waals surface area contributed by atoms with Crippen LogP contribution in [0.3, 0.4) is 0 Å². The van der Waals surface area contributed by atoms with Crippen molar-refractivity contribution in [2.45, 2.75) is 45.1 Å². The molecule has 0 aliphatic carbocycles. The lowest BCUT2D eigenvalue weighted by Gasteiger charge is -2.28. The number of rotatable bonds is 6. The highest BCUT2D eigenvalue weighted by atomic mass is 32.2. The Morgan fingerprint density at radius 1 is 1.16 bits per heavy atom. The number of hydrogen-bond acceptors (Lipinski definition) is 7. The van der Waals surface area contributed by atoms with E-state index in [1.165, 1.54) is 16.6 Å². The molecule has 0 bridgehead atoms. The summed E-state index contributed by atoms with van der Waals surface area (Å²) in [6.07, 6.45) is 1.87. The van der Waals surface area contributed by atoms with Crippen LogP contribution in [0.25, 0.3) is 0 Å². The zero-order valence-electron chi connectivity index (χ0n) is 18.1. The normalized spacial score (nSPS) is 16.9. The first-order valence-corrected chi connectivity index (χ1v) is 11.6. The summed E-state index contributed by atoms with van der Waals surface area (Å²) in [5.41, 5.74) is 0.315. The molecule has 3 rings (SSSR count). The van der Waals surface area contributed by atoms with Crippen molar-refractivity contribution in [3.05, 3.63) is 35.6 Å². The summed E-state index contributed by atoms with van der Waals surface area (Å²) < 4.78 is 37.7. The van der Waals surface area contributed by atoms with Gasteiger partial charge in [-0.15, -0.1) is 0 Å². The SMILES string of the molecule is Cc1noc(C)c1S(=O)(=O)N1CCCN(C(=O)[C@@H](NC(=O)c2ccco2)C(C)C)CC1.